The van der Waals surface area contributed by atoms with Crippen molar-refractivity contribution in [1.29, 1.82) is 0 Å². The Morgan fingerprint density at radius 1 is 1.14 bits per heavy atom. The fraction of sp³-hybridized carbons (Fsp3) is 0.588. The molecule has 4 heteroatoms. The molecule has 1 aromatic carbocycles. The molecule has 1 saturated carbocycles. The fourth-order valence-electron chi connectivity index (χ4n) is 2.48. The average Bonchev–Trinajstić information content (AvgIpc) is 2.40. The summed E-state index contributed by atoms with van der Waals surface area (Å²) in [5, 5.41) is 3.16. The van der Waals surface area contributed by atoms with Crippen molar-refractivity contribution in [3.63, 3.8) is 0 Å². The van der Waals surface area contributed by atoms with Gasteiger partial charge in [-0.05, 0) is 69.6 Å². The Morgan fingerprint density at radius 2 is 1.76 bits per heavy atom. The van der Waals surface area contributed by atoms with Gasteiger partial charge in [0.25, 0.3) is 5.24 Å². The number of carbonyl (C=O) groups excluding carboxylic acids is 1. The third-order valence-electron chi connectivity index (χ3n) is 3.39. The second kappa shape index (κ2) is 7.21. The third kappa shape index (κ3) is 6.00. The normalized spacial score (nSPS) is 16.5. The number of hydrogen-bond donors (Lipinski definition) is 1. The van der Waals surface area contributed by atoms with Crippen LogP contribution in [0.15, 0.2) is 29.2 Å². The molecule has 1 amide bonds. The molecule has 0 saturated heterocycles. The van der Waals surface area contributed by atoms with Crippen LogP contribution in [0.25, 0.3) is 0 Å². The average molecular weight is 307 g/mol. The van der Waals surface area contributed by atoms with Gasteiger partial charge in [-0.2, -0.15) is 0 Å². The summed E-state index contributed by atoms with van der Waals surface area (Å²) in [4.78, 5) is 13.0. The van der Waals surface area contributed by atoms with E-state index in [4.69, 9.17) is 4.74 Å². The van der Waals surface area contributed by atoms with Gasteiger partial charge in [-0.15, -0.1) is 0 Å². The second-order valence-corrected chi connectivity index (χ2v) is 7.60. The van der Waals surface area contributed by atoms with E-state index in [0.29, 0.717) is 6.04 Å². The predicted molar refractivity (Wildman–Crippen MR) is 88.1 cm³/mol. The number of nitrogens with one attached hydrogen (secondary N) is 1. The maximum Gasteiger partial charge on any atom is 0.284 e. The van der Waals surface area contributed by atoms with E-state index in [2.05, 4.69) is 5.32 Å². The van der Waals surface area contributed by atoms with Gasteiger partial charge in [-0.1, -0.05) is 19.3 Å². The highest BCUT2D eigenvalue weighted by Gasteiger charge is 2.16. The smallest absolute Gasteiger partial charge is 0.284 e. The monoisotopic (exact) mass is 307 g/mol. The highest BCUT2D eigenvalue weighted by molar-refractivity contribution is 8.13. The summed E-state index contributed by atoms with van der Waals surface area (Å²) in [5.74, 6) is 0.833. The van der Waals surface area contributed by atoms with E-state index in [9.17, 15) is 4.79 Å². The zero-order valence-corrected chi connectivity index (χ0v) is 14.0. The molecule has 116 valence electrons. The first-order chi connectivity index (χ1) is 9.92. The molecule has 1 aliphatic rings. The second-order valence-electron chi connectivity index (χ2n) is 6.55. The van der Waals surface area contributed by atoms with Crippen molar-refractivity contribution in [1.82, 2.24) is 5.32 Å². The first-order valence-corrected chi connectivity index (χ1v) is 8.51. The molecule has 21 heavy (non-hydrogen) atoms. The van der Waals surface area contributed by atoms with E-state index in [1.165, 1.54) is 31.0 Å². The molecule has 0 heterocycles. The third-order valence-corrected chi connectivity index (χ3v) is 4.20. The van der Waals surface area contributed by atoms with Gasteiger partial charge in [-0.25, -0.2) is 0 Å². The minimum Gasteiger partial charge on any atom is -0.488 e. The summed E-state index contributed by atoms with van der Waals surface area (Å²) in [5.41, 5.74) is -0.201. The van der Waals surface area contributed by atoms with E-state index in [1.54, 1.807) is 0 Å². The Bertz CT molecular complexity index is 459. The van der Waals surface area contributed by atoms with Crippen molar-refractivity contribution in [2.45, 2.75) is 69.4 Å². The number of hydrogen-bond acceptors (Lipinski definition) is 3. The number of benzene rings is 1. The summed E-state index contributed by atoms with van der Waals surface area (Å²) >= 11 is 1.26. The first-order valence-electron chi connectivity index (χ1n) is 7.70. The van der Waals surface area contributed by atoms with Crippen molar-refractivity contribution in [3.8, 4) is 5.75 Å². The lowest BCUT2D eigenvalue weighted by Gasteiger charge is -2.22. The van der Waals surface area contributed by atoms with Crippen LogP contribution in [0.4, 0.5) is 4.79 Å². The molecule has 0 atom stereocenters. The van der Waals surface area contributed by atoms with E-state index in [1.807, 2.05) is 45.0 Å². The molecule has 0 bridgehead atoms. The van der Waals surface area contributed by atoms with Gasteiger partial charge in [0.1, 0.15) is 11.4 Å². The highest BCUT2D eigenvalue weighted by Crippen LogP contribution is 2.25. The van der Waals surface area contributed by atoms with Crippen molar-refractivity contribution in [2.24, 2.45) is 0 Å². The quantitative estimate of drug-likeness (QED) is 0.799. The summed E-state index contributed by atoms with van der Waals surface area (Å²) in [6.07, 6.45) is 5.99. The molecule has 3 nitrogen and oxygen atoms in total. The van der Waals surface area contributed by atoms with E-state index in [-0.39, 0.29) is 10.8 Å². The molecule has 0 spiro atoms. The molecule has 1 fully saturated rings. The van der Waals surface area contributed by atoms with Crippen LogP contribution >= 0.6 is 11.8 Å². The predicted octanol–water partition coefficient (Wildman–Crippen LogP) is 5.00. The summed E-state index contributed by atoms with van der Waals surface area (Å²) in [6.45, 7) is 6.06. The van der Waals surface area contributed by atoms with Crippen LogP contribution in [0, 0.1) is 0 Å². The lowest BCUT2D eigenvalue weighted by molar-refractivity contribution is 0.131. The summed E-state index contributed by atoms with van der Waals surface area (Å²) in [6, 6.07) is 8.07. The van der Waals surface area contributed by atoms with E-state index < -0.39 is 0 Å². The van der Waals surface area contributed by atoms with Crippen LogP contribution in [0.5, 0.6) is 5.75 Å². The van der Waals surface area contributed by atoms with Crippen molar-refractivity contribution >= 4 is 17.0 Å². The van der Waals surface area contributed by atoms with E-state index >= 15 is 0 Å². The van der Waals surface area contributed by atoms with Crippen molar-refractivity contribution in [2.75, 3.05) is 0 Å². The highest BCUT2D eigenvalue weighted by atomic mass is 32.2. The van der Waals surface area contributed by atoms with Crippen LogP contribution in [0.3, 0.4) is 0 Å². The molecule has 0 aliphatic heterocycles. The number of carbonyl (C=O) groups is 1. The van der Waals surface area contributed by atoms with Gasteiger partial charge in [0, 0.05) is 10.9 Å². The van der Waals surface area contributed by atoms with Crippen molar-refractivity contribution in [3.05, 3.63) is 24.3 Å². The zero-order valence-electron chi connectivity index (χ0n) is 13.1. The van der Waals surface area contributed by atoms with Crippen LogP contribution in [-0.4, -0.2) is 16.9 Å². The maximum absolute atomic E-state index is 12.0. The molecule has 0 unspecified atom stereocenters. The van der Waals surface area contributed by atoms with Gasteiger partial charge in [-0.3, -0.25) is 4.79 Å². The van der Waals surface area contributed by atoms with Crippen LogP contribution in [0.1, 0.15) is 52.9 Å². The van der Waals surface area contributed by atoms with Crippen LogP contribution < -0.4 is 10.1 Å². The Balaban J connectivity index is 1.83. The maximum atomic E-state index is 12.0. The van der Waals surface area contributed by atoms with Crippen LogP contribution in [-0.2, 0) is 0 Å². The molecule has 1 aromatic rings. The minimum absolute atomic E-state index is 0.0476. The Hall–Kier alpha value is -1.16. The van der Waals surface area contributed by atoms with Gasteiger partial charge in [0.05, 0.1) is 0 Å². The first kappa shape index (κ1) is 16.2. The Kier molecular flexibility index (Phi) is 5.57. The topological polar surface area (TPSA) is 38.3 Å². The fourth-order valence-corrected chi connectivity index (χ4v) is 3.19. The number of thioether (sulfide) groups is 1. The van der Waals surface area contributed by atoms with E-state index in [0.717, 1.165) is 23.5 Å². The Morgan fingerprint density at radius 3 is 2.33 bits per heavy atom. The number of rotatable bonds is 3. The SMILES string of the molecule is CC(C)(C)Oc1ccc(SC(=O)NC2CCCCC2)cc1. The summed E-state index contributed by atoms with van der Waals surface area (Å²) < 4.78 is 5.77. The summed E-state index contributed by atoms with van der Waals surface area (Å²) in [7, 11) is 0. The molecule has 0 radical (unpaired) electrons. The number of amides is 1. The zero-order chi connectivity index (χ0) is 15.3. The molecule has 1 N–H and O–H groups in total. The van der Waals surface area contributed by atoms with Gasteiger partial charge < -0.3 is 10.1 Å². The largest absolute Gasteiger partial charge is 0.488 e. The van der Waals surface area contributed by atoms with Gasteiger partial charge >= 0.3 is 0 Å². The molecule has 1 aliphatic carbocycles. The van der Waals surface area contributed by atoms with Gasteiger partial charge in [0.15, 0.2) is 0 Å². The molecule has 0 aromatic heterocycles. The van der Waals surface area contributed by atoms with Gasteiger partial charge in [0.2, 0.25) is 0 Å². The molecular formula is C17H25NO2S. The minimum atomic E-state index is -0.201. The Labute approximate surface area is 131 Å². The lowest BCUT2D eigenvalue weighted by Crippen LogP contribution is -2.33. The molecule has 2 rings (SSSR count). The number of ether oxygens (including phenoxy) is 1. The van der Waals surface area contributed by atoms with Crippen LogP contribution in [0.2, 0.25) is 0 Å². The molecular weight excluding hydrogens is 282 g/mol. The standard InChI is InChI=1S/C17H25NO2S/c1-17(2,3)20-14-9-11-15(12-10-14)21-16(19)18-13-7-5-4-6-8-13/h9-13H,4-8H2,1-3H3,(H,18,19). The van der Waals surface area contributed by atoms with Crippen molar-refractivity contribution < 1.29 is 9.53 Å². The lowest BCUT2D eigenvalue weighted by atomic mass is 9.96.